The Labute approximate surface area is 109 Å². The van der Waals surface area contributed by atoms with Crippen molar-refractivity contribution in [2.45, 2.75) is 39.2 Å². The number of aromatic nitrogens is 1. The third-order valence-electron chi connectivity index (χ3n) is 3.48. The van der Waals surface area contributed by atoms with Gasteiger partial charge in [0.05, 0.1) is 11.6 Å². The fourth-order valence-electron chi connectivity index (χ4n) is 2.29. The van der Waals surface area contributed by atoms with Gasteiger partial charge in [0.1, 0.15) is 0 Å². The first-order valence-electron chi connectivity index (χ1n) is 6.73. The van der Waals surface area contributed by atoms with Gasteiger partial charge in [-0.2, -0.15) is 0 Å². The number of para-hydroxylation sites is 1. The molecule has 2 nitrogen and oxygen atoms in total. The minimum Gasteiger partial charge on any atom is -0.392 e. The maximum absolute atomic E-state index is 10.1. The standard InChI is InChI=1S/C16H21NO/c1-3-6-12(2)16(18)11-14-10-9-13-7-4-5-8-15(13)17-14/h4-5,7-10,12,16,18H,3,6,11H2,1-2H3. The first-order chi connectivity index (χ1) is 8.70. The van der Waals surface area contributed by atoms with Gasteiger partial charge in [0.15, 0.2) is 0 Å². The minimum absolute atomic E-state index is 0.293. The Hall–Kier alpha value is -1.41. The van der Waals surface area contributed by atoms with Crippen molar-refractivity contribution in [3.05, 3.63) is 42.1 Å². The molecule has 0 saturated heterocycles. The van der Waals surface area contributed by atoms with E-state index in [2.05, 4.69) is 31.0 Å². The Balaban J connectivity index is 2.12. The molecule has 2 aromatic rings. The summed E-state index contributed by atoms with van der Waals surface area (Å²) in [5.74, 6) is 0.336. The van der Waals surface area contributed by atoms with E-state index in [1.165, 1.54) is 0 Å². The van der Waals surface area contributed by atoms with Gasteiger partial charge < -0.3 is 5.11 Å². The normalized spacial score (nSPS) is 14.6. The Kier molecular flexibility index (Phi) is 4.32. The topological polar surface area (TPSA) is 33.1 Å². The molecular formula is C16H21NO. The molecule has 0 fully saturated rings. The smallest absolute Gasteiger partial charge is 0.0705 e. The Morgan fingerprint density at radius 1 is 1.17 bits per heavy atom. The van der Waals surface area contributed by atoms with Crippen LogP contribution in [0.15, 0.2) is 36.4 Å². The lowest BCUT2D eigenvalue weighted by molar-refractivity contribution is 0.111. The van der Waals surface area contributed by atoms with Crippen molar-refractivity contribution in [1.82, 2.24) is 4.98 Å². The van der Waals surface area contributed by atoms with Gasteiger partial charge >= 0.3 is 0 Å². The lowest BCUT2D eigenvalue weighted by atomic mass is 9.95. The zero-order valence-corrected chi connectivity index (χ0v) is 11.1. The highest BCUT2D eigenvalue weighted by Gasteiger charge is 2.14. The van der Waals surface area contributed by atoms with Crippen LogP contribution in [0.1, 0.15) is 32.4 Å². The summed E-state index contributed by atoms with van der Waals surface area (Å²) in [6.45, 7) is 4.26. The molecule has 0 aliphatic rings. The predicted molar refractivity (Wildman–Crippen MR) is 75.5 cm³/mol. The first-order valence-corrected chi connectivity index (χ1v) is 6.73. The number of hydrogen-bond donors (Lipinski definition) is 1. The molecule has 96 valence electrons. The number of nitrogens with zero attached hydrogens (tertiary/aromatic N) is 1. The molecule has 2 heteroatoms. The number of aliphatic hydroxyl groups excluding tert-OH is 1. The third-order valence-corrected chi connectivity index (χ3v) is 3.48. The number of fused-ring (bicyclic) bond motifs is 1. The van der Waals surface area contributed by atoms with Crippen LogP contribution in [-0.4, -0.2) is 16.2 Å². The number of benzene rings is 1. The summed E-state index contributed by atoms with van der Waals surface area (Å²) in [6.07, 6.45) is 2.53. The second-order valence-electron chi connectivity index (χ2n) is 5.03. The van der Waals surface area contributed by atoms with E-state index in [9.17, 15) is 5.11 Å². The van der Waals surface area contributed by atoms with Crippen LogP contribution in [-0.2, 0) is 6.42 Å². The summed E-state index contributed by atoms with van der Waals surface area (Å²) in [5.41, 5.74) is 1.98. The van der Waals surface area contributed by atoms with Crippen molar-refractivity contribution in [1.29, 1.82) is 0 Å². The number of aliphatic hydroxyl groups is 1. The molecule has 1 heterocycles. The average molecular weight is 243 g/mol. The summed E-state index contributed by atoms with van der Waals surface area (Å²) in [6, 6.07) is 12.2. The Morgan fingerprint density at radius 2 is 1.94 bits per heavy atom. The maximum atomic E-state index is 10.1. The van der Waals surface area contributed by atoms with Crippen molar-refractivity contribution < 1.29 is 5.11 Å². The van der Waals surface area contributed by atoms with Gasteiger partial charge in [-0.25, -0.2) is 0 Å². The van der Waals surface area contributed by atoms with Gasteiger partial charge in [-0.3, -0.25) is 4.98 Å². The molecule has 1 N–H and O–H groups in total. The molecule has 2 atom stereocenters. The Morgan fingerprint density at radius 3 is 2.72 bits per heavy atom. The molecule has 0 aliphatic carbocycles. The summed E-state index contributed by atoms with van der Waals surface area (Å²) < 4.78 is 0. The minimum atomic E-state index is -0.293. The molecule has 0 amide bonds. The zero-order chi connectivity index (χ0) is 13.0. The second-order valence-corrected chi connectivity index (χ2v) is 5.03. The van der Waals surface area contributed by atoms with E-state index in [0.29, 0.717) is 12.3 Å². The predicted octanol–water partition coefficient (Wildman–Crippen LogP) is 3.57. The highest BCUT2D eigenvalue weighted by atomic mass is 16.3. The van der Waals surface area contributed by atoms with Crippen molar-refractivity contribution >= 4 is 10.9 Å². The van der Waals surface area contributed by atoms with Gasteiger partial charge in [-0.05, 0) is 24.5 Å². The van der Waals surface area contributed by atoms with Gasteiger partial charge in [0.25, 0.3) is 0 Å². The van der Waals surface area contributed by atoms with Crippen molar-refractivity contribution in [2.24, 2.45) is 5.92 Å². The summed E-state index contributed by atoms with van der Waals surface area (Å²) in [5, 5.41) is 11.3. The van der Waals surface area contributed by atoms with Crippen LogP contribution in [0.25, 0.3) is 10.9 Å². The molecule has 0 aliphatic heterocycles. The van der Waals surface area contributed by atoms with Gasteiger partial charge in [0, 0.05) is 17.5 Å². The van der Waals surface area contributed by atoms with E-state index in [0.717, 1.165) is 29.4 Å². The van der Waals surface area contributed by atoms with Crippen molar-refractivity contribution in [3.63, 3.8) is 0 Å². The third kappa shape index (κ3) is 3.08. The van der Waals surface area contributed by atoms with Crippen LogP contribution in [0, 0.1) is 5.92 Å². The van der Waals surface area contributed by atoms with Crippen LogP contribution in [0.2, 0.25) is 0 Å². The molecule has 1 aromatic heterocycles. The Bertz CT molecular complexity index is 509. The van der Waals surface area contributed by atoms with E-state index in [4.69, 9.17) is 0 Å². The largest absolute Gasteiger partial charge is 0.392 e. The fourth-order valence-corrected chi connectivity index (χ4v) is 2.29. The quantitative estimate of drug-likeness (QED) is 0.870. The van der Waals surface area contributed by atoms with E-state index in [-0.39, 0.29) is 6.10 Å². The van der Waals surface area contributed by atoms with Crippen LogP contribution < -0.4 is 0 Å². The lowest BCUT2D eigenvalue weighted by Crippen LogP contribution is -2.20. The van der Waals surface area contributed by atoms with Crippen LogP contribution in [0.4, 0.5) is 0 Å². The molecule has 0 radical (unpaired) electrons. The van der Waals surface area contributed by atoms with Crippen LogP contribution in [0.5, 0.6) is 0 Å². The SMILES string of the molecule is CCCC(C)C(O)Cc1ccc2ccccc2n1. The first kappa shape index (κ1) is 13.0. The summed E-state index contributed by atoms with van der Waals surface area (Å²) in [4.78, 5) is 4.60. The molecule has 1 aromatic carbocycles. The van der Waals surface area contributed by atoms with Gasteiger partial charge in [-0.1, -0.05) is 44.5 Å². The molecule has 2 unspecified atom stereocenters. The lowest BCUT2D eigenvalue weighted by Gasteiger charge is -2.17. The number of pyridine rings is 1. The fraction of sp³-hybridized carbons (Fsp3) is 0.438. The van der Waals surface area contributed by atoms with Crippen LogP contribution >= 0.6 is 0 Å². The van der Waals surface area contributed by atoms with E-state index < -0.39 is 0 Å². The van der Waals surface area contributed by atoms with E-state index >= 15 is 0 Å². The van der Waals surface area contributed by atoms with Crippen LogP contribution in [0.3, 0.4) is 0 Å². The van der Waals surface area contributed by atoms with Gasteiger partial charge in [0.2, 0.25) is 0 Å². The molecule has 0 spiro atoms. The monoisotopic (exact) mass is 243 g/mol. The summed E-state index contributed by atoms with van der Waals surface area (Å²) in [7, 11) is 0. The number of hydrogen-bond acceptors (Lipinski definition) is 2. The molecule has 0 bridgehead atoms. The van der Waals surface area contributed by atoms with Gasteiger partial charge in [-0.15, -0.1) is 0 Å². The maximum Gasteiger partial charge on any atom is 0.0705 e. The highest BCUT2D eigenvalue weighted by molar-refractivity contribution is 5.78. The average Bonchev–Trinajstić information content (AvgIpc) is 2.39. The van der Waals surface area contributed by atoms with E-state index in [1.807, 2.05) is 24.3 Å². The highest BCUT2D eigenvalue weighted by Crippen LogP contribution is 2.17. The van der Waals surface area contributed by atoms with Crippen molar-refractivity contribution in [2.75, 3.05) is 0 Å². The summed E-state index contributed by atoms with van der Waals surface area (Å²) >= 11 is 0. The molecule has 0 saturated carbocycles. The molecule has 2 rings (SSSR count). The zero-order valence-electron chi connectivity index (χ0n) is 11.1. The number of rotatable bonds is 5. The van der Waals surface area contributed by atoms with E-state index in [1.54, 1.807) is 0 Å². The molecular weight excluding hydrogens is 222 g/mol. The van der Waals surface area contributed by atoms with Crippen molar-refractivity contribution in [3.8, 4) is 0 Å². The second kappa shape index (κ2) is 5.96. The molecule has 18 heavy (non-hydrogen) atoms.